The van der Waals surface area contributed by atoms with E-state index in [0.29, 0.717) is 5.56 Å². The van der Waals surface area contributed by atoms with Gasteiger partial charge >= 0.3 is 6.18 Å². The van der Waals surface area contributed by atoms with Crippen molar-refractivity contribution in [1.29, 1.82) is 0 Å². The fourth-order valence-corrected chi connectivity index (χ4v) is 4.37. The number of hydrogen-bond donors (Lipinski definition) is 0. The van der Waals surface area contributed by atoms with Crippen molar-refractivity contribution in [2.75, 3.05) is 0 Å². The third-order valence-electron chi connectivity index (χ3n) is 5.91. The van der Waals surface area contributed by atoms with Gasteiger partial charge in [0.05, 0.1) is 6.42 Å². The molecular formula is C21H27F3. The van der Waals surface area contributed by atoms with Gasteiger partial charge in [0.1, 0.15) is 0 Å². The summed E-state index contributed by atoms with van der Waals surface area (Å²) in [5.41, 5.74) is 2.75. The molecule has 0 saturated heterocycles. The van der Waals surface area contributed by atoms with Gasteiger partial charge in [0.2, 0.25) is 0 Å². The van der Waals surface area contributed by atoms with E-state index >= 15 is 0 Å². The average Bonchev–Trinajstić information content (AvgIpc) is 2.55. The Balaban J connectivity index is 1.58. The average molecular weight is 336 g/mol. The first kappa shape index (κ1) is 17.6. The summed E-state index contributed by atoms with van der Waals surface area (Å²) in [4.78, 5) is 0. The molecule has 132 valence electrons. The molecule has 1 aromatic rings. The van der Waals surface area contributed by atoms with E-state index in [9.17, 15) is 13.2 Å². The minimum Gasteiger partial charge on any atom is -0.171 e. The summed E-state index contributed by atoms with van der Waals surface area (Å²) in [6.45, 7) is 2.36. The monoisotopic (exact) mass is 336 g/mol. The second kappa shape index (κ2) is 7.33. The second-order valence-electron chi connectivity index (χ2n) is 7.77. The lowest BCUT2D eigenvalue weighted by molar-refractivity contribution is -0.127. The maximum Gasteiger partial charge on any atom is 0.393 e. The molecule has 0 heterocycles. The summed E-state index contributed by atoms with van der Waals surface area (Å²) in [5.74, 6) is 2.59. The van der Waals surface area contributed by atoms with Crippen molar-refractivity contribution in [3.8, 4) is 0 Å². The highest BCUT2D eigenvalue weighted by atomic mass is 19.4. The van der Waals surface area contributed by atoms with Crippen LogP contribution in [-0.4, -0.2) is 6.18 Å². The Hall–Kier alpha value is -1.25. The van der Waals surface area contributed by atoms with E-state index in [1.54, 1.807) is 12.1 Å². The van der Waals surface area contributed by atoms with E-state index in [1.165, 1.54) is 37.7 Å². The van der Waals surface area contributed by atoms with Crippen molar-refractivity contribution in [2.45, 2.75) is 64.5 Å². The Morgan fingerprint density at radius 3 is 2.12 bits per heavy atom. The Bertz CT molecular complexity index is 560. The molecule has 1 saturated carbocycles. The molecule has 1 unspecified atom stereocenters. The largest absolute Gasteiger partial charge is 0.393 e. The molecule has 0 radical (unpaired) electrons. The van der Waals surface area contributed by atoms with Crippen LogP contribution in [0.4, 0.5) is 13.2 Å². The van der Waals surface area contributed by atoms with E-state index < -0.39 is 12.6 Å². The van der Waals surface area contributed by atoms with Gasteiger partial charge in [-0.2, -0.15) is 13.2 Å². The predicted molar refractivity (Wildman–Crippen MR) is 92.6 cm³/mol. The molecule has 24 heavy (non-hydrogen) atoms. The lowest BCUT2D eigenvalue weighted by atomic mass is 9.71. The first-order valence-electron chi connectivity index (χ1n) is 9.26. The van der Waals surface area contributed by atoms with Crippen molar-refractivity contribution in [1.82, 2.24) is 0 Å². The normalized spacial score (nSPS) is 28.5. The van der Waals surface area contributed by atoms with Crippen LogP contribution in [-0.2, 0) is 6.42 Å². The first-order chi connectivity index (χ1) is 11.4. The molecule has 0 bridgehead atoms. The standard InChI is InChI=1S/C21H27F3/c1-15-2-6-17(7-3-15)19-10-12-20(13-11-19)18-8-4-16(5-9-18)14-21(22,23)24/h4-5,8-9,12,15,17,19H,2-3,6-7,10-11,13-14H2,1H3. The molecule has 0 spiro atoms. The number of benzene rings is 1. The molecule has 0 amide bonds. The van der Waals surface area contributed by atoms with Crippen molar-refractivity contribution >= 4 is 5.57 Å². The summed E-state index contributed by atoms with van der Waals surface area (Å²) in [5, 5.41) is 0. The van der Waals surface area contributed by atoms with Gasteiger partial charge in [0, 0.05) is 0 Å². The number of allylic oxidation sites excluding steroid dienone is 2. The number of alkyl halides is 3. The third kappa shape index (κ3) is 4.64. The van der Waals surface area contributed by atoms with Gasteiger partial charge in [0.15, 0.2) is 0 Å². The van der Waals surface area contributed by atoms with Crippen LogP contribution >= 0.6 is 0 Å². The molecule has 0 nitrogen and oxygen atoms in total. The predicted octanol–water partition coefficient (Wildman–Crippen LogP) is 6.80. The van der Waals surface area contributed by atoms with Crippen LogP contribution < -0.4 is 0 Å². The number of rotatable bonds is 3. The van der Waals surface area contributed by atoms with Crippen LogP contribution in [0.5, 0.6) is 0 Å². The minimum absolute atomic E-state index is 0.344. The summed E-state index contributed by atoms with van der Waals surface area (Å²) < 4.78 is 37.3. The van der Waals surface area contributed by atoms with Gasteiger partial charge in [-0.1, -0.05) is 50.1 Å². The molecule has 0 N–H and O–H groups in total. The van der Waals surface area contributed by atoms with Crippen LogP contribution in [0.25, 0.3) is 5.57 Å². The third-order valence-corrected chi connectivity index (χ3v) is 5.91. The summed E-state index contributed by atoms with van der Waals surface area (Å²) in [7, 11) is 0. The maximum atomic E-state index is 12.4. The quantitative estimate of drug-likeness (QED) is 0.569. The van der Waals surface area contributed by atoms with E-state index in [1.807, 2.05) is 12.1 Å². The smallest absolute Gasteiger partial charge is 0.171 e. The Labute approximate surface area is 143 Å². The van der Waals surface area contributed by atoms with Crippen LogP contribution in [0.3, 0.4) is 0 Å². The summed E-state index contributed by atoms with van der Waals surface area (Å²) in [6, 6.07) is 6.96. The molecule has 1 aromatic carbocycles. The van der Waals surface area contributed by atoms with Crippen LogP contribution in [0.1, 0.15) is 63.0 Å². The first-order valence-corrected chi connectivity index (χ1v) is 9.26. The number of hydrogen-bond acceptors (Lipinski definition) is 0. The molecule has 0 aromatic heterocycles. The van der Waals surface area contributed by atoms with Crippen molar-refractivity contribution in [2.24, 2.45) is 17.8 Å². The van der Waals surface area contributed by atoms with Crippen LogP contribution in [0.2, 0.25) is 0 Å². The zero-order valence-corrected chi connectivity index (χ0v) is 14.4. The van der Waals surface area contributed by atoms with E-state index in [2.05, 4.69) is 13.0 Å². The zero-order chi connectivity index (χ0) is 17.2. The van der Waals surface area contributed by atoms with Crippen LogP contribution in [0, 0.1) is 17.8 Å². The van der Waals surface area contributed by atoms with Crippen LogP contribution in [0.15, 0.2) is 30.3 Å². The highest BCUT2D eigenvalue weighted by Crippen LogP contribution is 2.41. The van der Waals surface area contributed by atoms with Crippen molar-refractivity contribution < 1.29 is 13.2 Å². The van der Waals surface area contributed by atoms with Crippen molar-refractivity contribution in [3.63, 3.8) is 0 Å². The highest BCUT2D eigenvalue weighted by molar-refractivity contribution is 5.66. The fraction of sp³-hybridized carbons (Fsp3) is 0.619. The van der Waals surface area contributed by atoms with E-state index in [0.717, 1.165) is 36.2 Å². The molecule has 0 aliphatic heterocycles. The Morgan fingerprint density at radius 2 is 1.58 bits per heavy atom. The molecule has 1 atom stereocenters. The molecule has 3 heteroatoms. The fourth-order valence-electron chi connectivity index (χ4n) is 4.37. The molecule has 1 fully saturated rings. The van der Waals surface area contributed by atoms with E-state index in [-0.39, 0.29) is 0 Å². The van der Waals surface area contributed by atoms with Gasteiger partial charge in [-0.3, -0.25) is 0 Å². The minimum atomic E-state index is -4.13. The van der Waals surface area contributed by atoms with Gasteiger partial charge in [0.25, 0.3) is 0 Å². The van der Waals surface area contributed by atoms with Gasteiger partial charge in [-0.05, 0) is 66.6 Å². The SMILES string of the molecule is CC1CCC(C2CC=C(c3ccc(CC(F)(F)F)cc3)CC2)CC1. The van der Waals surface area contributed by atoms with Gasteiger partial charge in [-0.15, -0.1) is 0 Å². The second-order valence-corrected chi connectivity index (χ2v) is 7.77. The maximum absolute atomic E-state index is 12.4. The lowest BCUT2D eigenvalue weighted by Gasteiger charge is -2.34. The summed E-state index contributed by atoms with van der Waals surface area (Å²) in [6.07, 6.45) is 6.30. The summed E-state index contributed by atoms with van der Waals surface area (Å²) >= 11 is 0. The zero-order valence-electron chi connectivity index (χ0n) is 14.4. The number of halogens is 3. The lowest BCUT2D eigenvalue weighted by Crippen LogP contribution is -2.22. The molecule has 2 aliphatic rings. The van der Waals surface area contributed by atoms with Crippen molar-refractivity contribution in [3.05, 3.63) is 41.5 Å². The molecule has 3 rings (SSSR count). The topological polar surface area (TPSA) is 0 Å². The van der Waals surface area contributed by atoms with E-state index in [4.69, 9.17) is 0 Å². The highest BCUT2D eigenvalue weighted by Gasteiger charge is 2.28. The molecular weight excluding hydrogens is 309 g/mol. The Kier molecular flexibility index (Phi) is 5.36. The Morgan fingerprint density at radius 1 is 0.917 bits per heavy atom. The molecule has 2 aliphatic carbocycles. The van der Waals surface area contributed by atoms with Gasteiger partial charge in [-0.25, -0.2) is 0 Å². The van der Waals surface area contributed by atoms with Gasteiger partial charge < -0.3 is 0 Å².